The van der Waals surface area contributed by atoms with E-state index in [2.05, 4.69) is 15.4 Å². The van der Waals surface area contributed by atoms with Gasteiger partial charge in [0.25, 0.3) is 5.56 Å². The molecule has 0 fully saturated rings. The Morgan fingerprint density at radius 3 is 2.63 bits per heavy atom. The van der Waals surface area contributed by atoms with Crippen molar-refractivity contribution in [3.8, 4) is 28.1 Å². The Bertz CT molecular complexity index is 1470. The molecule has 3 heterocycles. The number of methoxy groups -OCH3 is 1. The summed E-state index contributed by atoms with van der Waals surface area (Å²) in [5.74, 6) is 0.695. The van der Waals surface area contributed by atoms with Gasteiger partial charge in [-0.05, 0) is 63.6 Å². The van der Waals surface area contributed by atoms with Gasteiger partial charge < -0.3 is 19.8 Å². The number of benzene rings is 1. The second kappa shape index (κ2) is 9.13. The molecule has 10 heteroatoms. The summed E-state index contributed by atoms with van der Waals surface area (Å²) in [5.41, 5.74) is 9.03. The molecular weight excluding hydrogens is 448 g/mol. The van der Waals surface area contributed by atoms with Crippen molar-refractivity contribution in [3.05, 3.63) is 59.3 Å². The monoisotopic (exact) mass is 476 g/mol. The second-order valence-electron chi connectivity index (χ2n) is 8.90. The van der Waals surface area contributed by atoms with E-state index in [-0.39, 0.29) is 11.4 Å². The minimum absolute atomic E-state index is 0.132. The maximum atomic E-state index is 13.0. The quantitative estimate of drug-likeness (QED) is 0.442. The van der Waals surface area contributed by atoms with E-state index in [0.29, 0.717) is 40.3 Å². The number of anilines is 2. The fourth-order valence-electron chi connectivity index (χ4n) is 3.84. The molecule has 3 aromatic heterocycles. The molecule has 0 atom stereocenters. The number of fused-ring (bicyclic) bond motifs is 1. The number of hydrogen-bond acceptors (Lipinski definition) is 7. The van der Waals surface area contributed by atoms with Crippen LogP contribution >= 0.6 is 0 Å². The first-order valence-electron chi connectivity index (χ1n) is 11.1. The van der Waals surface area contributed by atoms with Crippen LogP contribution in [0.15, 0.2) is 53.7 Å². The van der Waals surface area contributed by atoms with Gasteiger partial charge in [-0.15, -0.1) is 0 Å². The summed E-state index contributed by atoms with van der Waals surface area (Å²) >= 11 is 0. The minimum atomic E-state index is -0.635. The average molecular weight is 477 g/mol. The molecule has 0 aliphatic rings. The molecule has 182 valence electrons. The van der Waals surface area contributed by atoms with Gasteiger partial charge >= 0.3 is 6.09 Å². The van der Waals surface area contributed by atoms with Gasteiger partial charge in [-0.3, -0.25) is 10.1 Å². The maximum absolute atomic E-state index is 13.0. The number of aromatic nitrogens is 4. The Hall–Kier alpha value is -4.34. The van der Waals surface area contributed by atoms with Crippen molar-refractivity contribution < 1.29 is 14.3 Å². The summed E-state index contributed by atoms with van der Waals surface area (Å²) in [7, 11) is 1.51. The van der Waals surface area contributed by atoms with Crippen LogP contribution in [0.5, 0.6) is 5.75 Å². The van der Waals surface area contributed by atoms with Crippen LogP contribution in [-0.2, 0) is 11.3 Å². The van der Waals surface area contributed by atoms with E-state index in [1.54, 1.807) is 54.2 Å². The Morgan fingerprint density at radius 1 is 1.17 bits per heavy atom. The van der Waals surface area contributed by atoms with Crippen LogP contribution < -0.4 is 21.3 Å². The molecule has 1 aromatic carbocycles. The minimum Gasteiger partial charge on any atom is -0.495 e. The highest BCUT2D eigenvalue weighted by atomic mass is 16.6. The van der Waals surface area contributed by atoms with E-state index >= 15 is 0 Å². The first-order valence-corrected chi connectivity index (χ1v) is 11.1. The summed E-state index contributed by atoms with van der Waals surface area (Å²) in [6.07, 6.45) is 2.51. The van der Waals surface area contributed by atoms with Crippen molar-refractivity contribution >= 4 is 23.1 Å². The lowest BCUT2D eigenvalue weighted by atomic mass is 10.0. The molecular formula is C25H28N6O4. The van der Waals surface area contributed by atoms with Gasteiger partial charge in [0.1, 0.15) is 23.2 Å². The van der Waals surface area contributed by atoms with Crippen molar-refractivity contribution in [2.24, 2.45) is 0 Å². The summed E-state index contributed by atoms with van der Waals surface area (Å²) in [4.78, 5) is 29.4. The lowest BCUT2D eigenvalue weighted by Gasteiger charge is -2.20. The SMILES string of the molecule is CCn1cccc(-c2cc(-c3ccc(NC(=O)OC(C)(C)C)c(OC)c3)c3c(N)ncnn23)c1=O. The van der Waals surface area contributed by atoms with Crippen LogP contribution in [0.2, 0.25) is 0 Å². The van der Waals surface area contributed by atoms with E-state index in [1.807, 2.05) is 25.1 Å². The number of carbonyl (C=O) groups excluding carboxylic acids is 1. The Kier molecular flexibility index (Phi) is 6.21. The molecule has 1 amide bonds. The van der Waals surface area contributed by atoms with E-state index < -0.39 is 11.7 Å². The van der Waals surface area contributed by atoms with Crippen molar-refractivity contribution in [2.45, 2.75) is 39.8 Å². The van der Waals surface area contributed by atoms with Crippen molar-refractivity contribution in [3.63, 3.8) is 0 Å². The van der Waals surface area contributed by atoms with Crippen LogP contribution in [0, 0.1) is 0 Å². The Balaban J connectivity index is 1.84. The number of amides is 1. The zero-order valence-electron chi connectivity index (χ0n) is 20.3. The third-order valence-electron chi connectivity index (χ3n) is 5.37. The fraction of sp³-hybridized carbons (Fsp3) is 0.280. The number of ether oxygens (including phenoxy) is 2. The van der Waals surface area contributed by atoms with Gasteiger partial charge in [-0.2, -0.15) is 5.10 Å². The molecule has 35 heavy (non-hydrogen) atoms. The van der Waals surface area contributed by atoms with Crippen molar-refractivity contribution in [2.75, 3.05) is 18.2 Å². The van der Waals surface area contributed by atoms with Crippen LogP contribution in [0.1, 0.15) is 27.7 Å². The molecule has 0 bridgehead atoms. The number of carbonyl (C=O) groups is 1. The van der Waals surface area contributed by atoms with E-state index in [4.69, 9.17) is 15.2 Å². The number of nitrogens with two attached hydrogens (primary N) is 1. The number of hydrogen-bond donors (Lipinski definition) is 2. The van der Waals surface area contributed by atoms with E-state index in [9.17, 15) is 9.59 Å². The fourth-order valence-corrected chi connectivity index (χ4v) is 3.84. The predicted octanol–water partition coefficient (Wildman–Crippen LogP) is 4.18. The Labute approximate surface area is 202 Å². The van der Waals surface area contributed by atoms with E-state index in [0.717, 1.165) is 5.56 Å². The zero-order chi connectivity index (χ0) is 25.3. The standard InChI is InChI=1S/C25H28N6O4/c1-6-30-11-7-8-16(23(30)32)19-13-17(21-22(26)27-14-28-31(19)21)15-9-10-18(20(12-15)34-5)29-24(33)35-25(2,3)4/h7-14H,6H2,1-5H3,(H,29,33)(H2,26,27,28). The summed E-state index contributed by atoms with van der Waals surface area (Å²) in [5, 5.41) is 7.08. The normalized spacial score (nSPS) is 11.5. The van der Waals surface area contributed by atoms with Crippen LogP contribution in [0.4, 0.5) is 16.3 Å². The molecule has 4 aromatic rings. The largest absolute Gasteiger partial charge is 0.495 e. The molecule has 10 nitrogen and oxygen atoms in total. The molecule has 0 saturated carbocycles. The predicted molar refractivity (Wildman–Crippen MR) is 135 cm³/mol. The van der Waals surface area contributed by atoms with Crippen LogP contribution in [0.25, 0.3) is 27.9 Å². The molecule has 0 saturated heterocycles. The van der Waals surface area contributed by atoms with Crippen LogP contribution in [0.3, 0.4) is 0 Å². The van der Waals surface area contributed by atoms with Crippen molar-refractivity contribution in [1.29, 1.82) is 0 Å². The third kappa shape index (κ3) is 4.68. The smallest absolute Gasteiger partial charge is 0.412 e. The number of nitrogens with zero attached hydrogens (tertiary/aromatic N) is 4. The summed E-state index contributed by atoms with van der Waals surface area (Å²) in [6.45, 7) is 7.82. The molecule has 0 aliphatic carbocycles. The highest BCUT2D eigenvalue weighted by Gasteiger charge is 2.21. The third-order valence-corrected chi connectivity index (χ3v) is 5.37. The van der Waals surface area contributed by atoms with Gasteiger partial charge in [-0.25, -0.2) is 14.3 Å². The number of pyridine rings is 1. The lowest BCUT2D eigenvalue weighted by Crippen LogP contribution is -2.27. The van der Waals surface area contributed by atoms with Crippen molar-refractivity contribution in [1.82, 2.24) is 19.2 Å². The maximum Gasteiger partial charge on any atom is 0.412 e. The van der Waals surface area contributed by atoms with Gasteiger partial charge in [0, 0.05) is 18.3 Å². The molecule has 0 unspecified atom stereocenters. The lowest BCUT2D eigenvalue weighted by molar-refractivity contribution is 0.0635. The highest BCUT2D eigenvalue weighted by molar-refractivity contribution is 5.94. The summed E-state index contributed by atoms with van der Waals surface area (Å²) < 4.78 is 14.1. The molecule has 3 N–H and O–H groups in total. The second-order valence-corrected chi connectivity index (χ2v) is 8.90. The Morgan fingerprint density at radius 2 is 1.94 bits per heavy atom. The van der Waals surface area contributed by atoms with E-state index in [1.165, 1.54) is 13.4 Å². The average Bonchev–Trinajstić information content (AvgIpc) is 3.19. The number of nitrogens with one attached hydrogen (secondary N) is 1. The number of rotatable bonds is 5. The molecule has 4 rings (SSSR count). The van der Waals surface area contributed by atoms with Gasteiger partial charge in [0.15, 0.2) is 5.82 Å². The van der Waals surface area contributed by atoms with Gasteiger partial charge in [0.2, 0.25) is 0 Å². The van der Waals surface area contributed by atoms with Crippen LogP contribution in [-0.4, -0.2) is 38.0 Å². The number of aryl methyl sites for hydroxylation is 1. The highest BCUT2D eigenvalue weighted by Crippen LogP contribution is 2.37. The molecule has 0 radical (unpaired) electrons. The topological polar surface area (TPSA) is 126 Å². The first-order chi connectivity index (χ1) is 16.6. The zero-order valence-corrected chi connectivity index (χ0v) is 20.3. The van der Waals surface area contributed by atoms with Gasteiger partial charge in [0.05, 0.1) is 24.1 Å². The molecule has 0 aliphatic heterocycles. The first kappa shape index (κ1) is 23.8. The summed E-state index contributed by atoms with van der Waals surface area (Å²) in [6, 6.07) is 10.7. The number of nitrogen functional groups attached to an aromatic ring is 1. The van der Waals surface area contributed by atoms with Gasteiger partial charge in [-0.1, -0.05) is 6.07 Å². The molecule has 0 spiro atoms.